The summed E-state index contributed by atoms with van der Waals surface area (Å²) in [5.74, 6) is -0.0740. The number of urea groups is 1. The normalized spacial score (nSPS) is 15.7. The Bertz CT molecular complexity index is 1340. The summed E-state index contributed by atoms with van der Waals surface area (Å²) in [5, 5.41) is 8.53. The number of carbonyl (C=O) groups is 3. The Morgan fingerprint density at radius 3 is 2.42 bits per heavy atom. The Morgan fingerprint density at radius 2 is 1.70 bits per heavy atom. The Morgan fingerprint density at radius 1 is 1.00 bits per heavy atom. The Hall–Kier alpha value is -3.82. The molecule has 210 valence electrons. The first kappa shape index (κ1) is 29.2. The van der Waals surface area contributed by atoms with Gasteiger partial charge in [-0.1, -0.05) is 74.5 Å². The Balaban J connectivity index is 1.55. The molecule has 0 saturated heterocycles. The number of rotatable bonds is 9. The SMILES string of the molecule is CCNC(=O)NCc1ccccc1-c1ccc(CN2C(=O)[C@H](NC(=O)C(N)C(C)C)CSc3ccccc32)cc1. The van der Waals surface area contributed by atoms with Gasteiger partial charge in [-0.15, -0.1) is 11.8 Å². The van der Waals surface area contributed by atoms with E-state index in [9.17, 15) is 14.4 Å². The highest BCUT2D eigenvalue weighted by molar-refractivity contribution is 7.99. The lowest BCUT2D eigenvalue weighted by Crippen LogP contribution is -2.54. The number of anilines is 1. The number of amides is 4. The van der Waals surface area contributed by atoms with E-state index < -0.39 is 12.1 Å². The Labute approximate surface area is 240 Å². The van der Waals surface area contributed by atoms with Gasteiger partial charge >= 0.3 is 6.03 Å². The number of benzene rings is 3. The molecule has 4 amide bonds. The first-order valence-electron chi connectivity index (χ1n) is 13.6. The van der Waals surface area contributed by atoms with E-state index in [0.29, 0.717) is 25.4 Å². The summed E-state index contributed by atoms with van der Waals surface area (Å²) in [5.41, 5.74) is 10.9. The monoisotopic (exact) mass is 559 g/mol. The average Bonchev–Trinajstić information content (AvgIpc) is 3.08. The molecule has 1 aliphatic heterocycles. The number of carbonyl (C=O) groups excluding carboxylic acids is 3. The maximum absolute atomic E-state index is 13.8. The van der Waals surface area contributed by atoms with Crippen molar-refractivity contribution in [3.05, 3.63) is 83.9 Å². The molecular formula is C31H37N5O3S. The molecule has 0 spiro atoms. The van der Waals surface area contributed by atoms with Crippen molar-refractivity contribution in [3.63, 3.8) is 0 Å². The van der Waals surface area contributed by atoms with Crippen LogP contribution in [0.15, 0.2) is 77.7 Å². The van der Waals surface area contributed by atoms with Crippen LogP contribution in [-0.2, 0) is 22.7 Å². The van der Waals surface area contributed by atoms with Gasteiger partial charge in [-0.2, -0.15) is 0 Å². The molecule has 4 rings (SSSR count). The van der Waals surface area contributed by atoms with Crippen LogP contribution in [0.3, 0.4) is 0 Å². The summed E-state index contributed by atoms with van der Waals surface area (Å²) in [6.45, 7) is 6.99. The molecule has 3 aromatic carbocycles. The van der Waals surface area contributed by atoms with Gasteiger partial charge in [-0.05, 0) is 47.2 Å². The molecule has 3 aromatic rings. The minimum atomic E-state index is -0.682. The predicted molar refractivity (Wildman–Crippen MR) is 161 cm³/mol. The van der Waals surface area contributed by atoms with Crippen molar-refractivity contribution in [2.45, 2.75) is 50.8 Å². The van der Waals surface area contributed by atoms with Crippen LogP contribution < -0.4 is 26.6 Å². The molecule has 8 nitrogen and oxygen atoms in total. The first-order valence-corrected chi connectivity index (χ1v) is 14.5. The lowest BCUT2D eigenvalue weighted by Gasteiger charge is -2.27. The lowest BCUT2D eigenvalue weighted by atomic mass is 9.98. The van der Waals surface area contributed by atoms with Crippen molar-refractivity contribution in [3.8, 4) is 11.1 Å². The molecule has 2 atom stereocenters. The van der Waals surface area contributed by atoms with Crippen LogP contribution in [0.1, 0.15) is 31.9 Å². The van der Waals surface area contributed by atoms with Gasteiger partial charge in [0.2, 0.25) is 5.91 Å². The molecule has 9 heteroatoms. The standard InChI is InChI=1S/C31H37N5O3S/c1-4-33-31(39)34-17-23-9-5-6-10-24(23)22-15-13-21(14-16-22)18-36-26-11-7-8-12-27(26)40-19-25(30(36)38)35-29(37)28(32)20(2)3/h5-16,20,25,28H,4,17-19,32H2,1-3H3,(H,35,37)(H2,33,34,39)/t25-,28?/m1/s1. The average molecular weight is 560 g/mol. The van der Waals surface area contributed by atoms with E-state index >= 15 is 0 Å². The molecule has 0 bridgehead atoms. The summed E-state index contributed by atoms with van der Waals surface area (Å²) in [7, 11) is 0. The van der Waals surface area contributed by atoms with Crippen molar-refractivity contribution in [1.82, 2.24) is 16.0 Å². The maximum atomic E-state index is 13.8. The molecule has 0 aliphatic carbocycles. The second-order valence-electron chi connectivity index (χ2n) is 10.1. The molecule has 0 saturated carbocycles. The smallest absolute Gasteiger partial charge is 0.315 e. The molecule has 0 fully saturated rings. The zero-order valence-electron chi connectivity index (χ0n) is 23.1. The van der Waals surface area contributed by atoms with Gasteiger partial charge in [0.15, 0.2) is 0 Å². The van der Waals surface area contributed by atoms with Crippen molar-refractivity contribution in [2.75, 3.05) is 17.2 Å². The minimum Gasteiger partial charge on any atom is -0.342 e. The van der Waals surface area contributed by atoms with Crippen LogP contribution in [0, 0.1) is 5.92 Å². The second kappa shape index (κ2) is 13.5. The number of fused-ring (bicyclic) bond motifs is 1. The fourth-order valence-corrected chi connectivity index (χ4v) is 5.59. The van der Waals surface area contributed by atoms with Crippen LogP contribution in [0.4, 0.5) is 10.5 Å². The largest absolute Gasteiger partial charge is 0.342 e. The van der Waals surface area contributed by atoms with E-state index in [2.05, 4.69) is 16.0 Å². The fourth-order valence-electron chi connectivity index (χ4n) is 4.52. The molecule has 0 radical (unpaired) electrons. The van der Waals surface area contributed by atoms with Crippen LogP contribution in [-0.4, -0.2) is 42.2 Å². The molecule has 40 heavy (non-hydrogen) atoms. The van der Waals surface area contributed by atoms with Crippen molar-refractivity contribution in [2.24, 2.45) is 11.7 Å². The quantitative estimate of drug-likeness (QED) is 0.312. The van der Waals surface area contributed by atoms with Crippen LogP contribution in [0.5, 0.6) is 0 Å². The number of para-hydroxylation sites is 1. The highest BCUT2D eigenvalue weighted by Crippen LogP contribution is 2.35. The second-order valence-corrected chi connectivity index (χ2v) is 11.2. The third kappa shape index (κ3) is 7.03. The highest BCUT2D eigenvalue weighted by Gasteiger charge is 2.33. The van der Waals surface area contributed by atoms with E-state index in [1.54, 1.807) is 16.7 Å². The van der Waals surface area contributed by atoms with Gasteiger partial charge in [0.25, 0.3) is 5.91 Å². The summed E-state index contributed by atoms with van der Waals surface area (Å²) >= 11 is 1.56. The molecule has 0 aromatic heterocycles. The van der Waals surface area contributed by atoms with Gasteiger partial charge in [-0.3, -0.25) is 9.59 Å². The number of thioether (sulfide) groups is 1. The number of nitrogens with one attached hydrogen (secondary N) is 3. The van der Waals surface area contributed by atoms with E-state index in [1.807, 2.05) is 93.6 Å². The zero-order valence-corrected chi connectivity index (χ0v) is 24.0. The van der Waals surface area contributed by atoms with Gasteiger partial charge < -0.3 is 26.6 Å². The van der Waals surface area contributed by atoms with Crippen LogP contribution in [0.2, 0.25) is 0 Å². The fraction of sp³-hybridized carbons (Fsp3) is 0.323. The van der Waals surface area contributed by atoms with Gasteiger partial charge in [0, 0.05) is 23.7 Å². The molecule has 5 N–H and O–H groups in total. The predicted octanol–water partition coefficient (Wildman–Crippen LogP) is 4.28. The number of nitrogens with two attached hydrogens (primary N) is 1. The zero-order chi connectivity index (χ0) is 28.6. The maximum Gasteiger partial charge on any atom is 0.315 e. The van der Waals surface area contributed by atoms with Crippen molar-refractivity contribution in [1.29, 1.82) is 0 Å². The molecule has 1 aliphatic rings. The van der Waals surface area contributed by atoms with Crippen LogP contribution in [0.25, 0.3) is 11.1 Å². The van der Waals surface area contributed by atoms with E-state index in [1.165, 1.54) is 0 Å². The lowest BCUT2D eigenvalue weighted by molar-refractivity contribution is -0.128. The van der Waals surface area contributed by atoms with E-state index in [-0.39, 0.29) is 23.8 Å². The number of nitrogens with zero attached hydrogens (tertiary/aromatic N) is 1. The topological polar surface area (TPSA) is 117 Å². The van der Waals surface area contributed by atoms with Gasteiger partial charge in [-0.25, -0.2) is 4.79 Å². The van der Waals surface area contributed by atoms with Crippen molar-refractivity contribution < 1.29 is 14.4 Å². The summed E-state index contributed by atoms with van der Waals surface area (Å²) < 4.78 is 0. The van der Waals surface area contributed by atoms with Crippen molar-refractivity contribution >= 4 is 35.3 Å². The van der Waals surface area contributed by atoms with Crippen LogP contribution >= 0.6 is 11.8 Å². The molecular weight excluding hydrogens is 522 g/mol. The third-order valence-electron chi connectivity index (χ3n) is 6.86. The van der Waals surface area contributed by atoms with E-state index in [4.69, 9.17) is 5.73 Å². The summed E-state index contributed by atoms with van der Waals surface area (Å²) in [6.07, 6.45) is 0. The van der Waals surface area contributed by atoms with E-state index in [0.717, 1.165) is 32.8 Å². The number of hydrogen-bond donors (Lipinski definition) is 4. The molecule has 1 heterocycles. The first-order chi connectivity index (χ1) is 19.3. The number of hydrogen-bond acceptors (Lipinski definition) is 5. The third-order valence-corrected chi connectivity index (χ3v) is 8.02. The minimum absolute atomic E-state index is 0.0326. The van der Waals surface area contributed by atoms with Gasteiger partial charge in [0.05, 0.1) is 18.3 Å². The van der Waals surface area contributed by atoms with Gasteiger partial charge in [0.1, 0.15) is 6.04 Å². The summed E-state index contributed by atoms with van der Waals surface area (Å²) in [4.78, 5) is 41.1. The Kier molecular flexibility index (Phi) is 9.84. The highest BCUT2D eigenvalue weighted by atomic mass is 32.2. The molecule has 1 unspecified atom stereocenters. The summed E-state index contributed by atoms with van der Waals surface area (Å²) in [6, 6.07) is 22.3.